The van der Waals surface area contributed by atoms with Crippen LogP contribution in [-0.4, -0.2) is 19.3 Å². The highest BCUT2D eigenvalue weighted by Crippen LogP contribution is 2.32. The van der Waals surface area contributed by atoms with Gasteiger partial charge in [0.1, 0.15) is 5.82 Å². The molecular weight excluding hydrogens is 229 g/mol. The Bertz CT molecular complexity index is 392. The zero-order chi connectivity index (χ0) is 13.0. The van der Waals surface area contributed by atoms with E-state index in [1.54, 1.807) is 12.1 Å². The van der Waals surface area contributed by atoms with Gasteiger partial charge in [-0.1, -0.05) is 12.1 Å². The number of nitrogens with one attached hydrogen (secondary N) is 1. The molecule has 0 amide bonds. The number of rotatable bonds is 6. The Balaban J connectivity index is 1.78. The molecule has 0 radical (unpaired) electrons. The Labute approximate surface area is 109 Å². The smallest absolute Gasteiger partial charge is 0.126 e. The lowest BCUT2D eigenvalue weighted by Gasteiger charge is -2.14. The molecule has 1 aliphatic rings. The molecule has 0 spiro atoms. The zero-order valence-corrected chi connectivity index (χ0v) is 11.2. The monoisotopic (exact) mass is 251 g/mol. The Morgan fingerprint density at radius 2 is 2.28 bits per heavy atom. The number of hydrogen-bond acceptors (Lipinski definition) is 2. The molecule has 1 atom stereocenters. The van der Waals surface area contributed by atoms with E-state index >= 15 is 0 Å². The van der Waals surface area contributed by atoms with Crippen LogP contribution >= 0.6 is 0 Å². The van der Waals surface area contributed by atoms with Crippen LogP contribution in [0.15, 0.2) is 18.2 Å². The molecule has 100 valence electrons. The molecule has 1 aliphatic carbocycles. The average molecular weight is 251 g/mol. The summed E-state index contributed by atoms with van der Waals surface area (Å²) in [7, 11) is 0. The summed E-state index contributed by atoms with van der Waals surface area (Å²) < 4.78 is 19.0. The molecule has 0 fully saturated rings. The van der Waals surface area contributed by atoms with Gasteiger partial charge < -0.3 is 10.1 Å². The maximum atomic E-state index is 13.5. The third-order valence-corrected chi connectivity index (χ3v) is 3.38. The van der Waals surface area contributed by atoms with Gasteiger partial charge in [-0.15, -0.1) is 0 Å². The second-order valence-electron chi connectivity index (χ2n) is 5.13. The van der Waals surface area contributed by atoms with Gasteiger partial charge in [-0.05, 0) is 56.8 Å². The van der Waals surface area contributed by atoms with Crippen LogP contribution in [0.25, 0.3) is 0 Å². The predicted octanol–water partition coefficient (Wildman–Crippen LogP) is 3.22. The normalized spacial score (nSPS) is 18.3. The van der Waals surface area contributed by atoms with Crippen LogP contribution in [0.5, 0.6) is 0 Å². The van der Waals surface area contributed by atoms with Gasteiger partial charge in [-0.25, -0.2) is 4.39 Å². The molecule has 0 heterocycles. The molecule has 0 saturated heterocycles. The SMILES string of the molecule is CC(C)OCCCNC1CCc2c(F)cccc21. The number of benzene rings is 1. The van der Waals surface area contributed by atoms with Crippen molar-refractivity contribution >= 4 is 0 Å². The summed E-state index contributed by atoms with van der Waals surface area (Å²) in [4.78, 5) is 0. The van der Waals surface area contributed by atoms with Crippen molar-refractivity contribution in [1.29, 1.82) is 0 Å². The number of ether oxygens (including phenoxy) is 1. The molecule has 1 aromatic carbocycles. The summed E-state index contributed by atoms with van der Waals surface area (Å²) in [6.45, 7) is 5.80. The van der Waals surface area contributed by atoms with E-state index in [1.807, 2.05) is 19.9 Å². The zero-order valence-electron chi connectivity index (χ0n) is 11.2. The van der Waals surface area contributed by atoms with E-state index in [0.717, 1.165) is 43.5 Å². The minimum atomic E-state index is -0.0556. The van der Waals surface area contributed by atoms with Gasteiger partial charge in [-0.2, -0.15) is 0 Å². The van der Waals surface area contributed by atoms with E-state index in [-0.39, 0.29) is 5.82 Å². The van der Waals surface area contributed by atoms with Crippen LogP contribution < -0.4 is 5.32 Å². The topological polar surface area (TPSA) is 21.3 Å². The summed E-state index contributed by atoms with van der Waals surface area (Å²) in [6.07, 6.45) is 3.15. The summed E-state index contributed by atoms with van der Waals surface area (Å²) in [5.41, 5.74) is 2.04. The molecule has 18 heavy (non-hydrogen) atoms. The minimum Gasteiger partial charge on any atom is -0.379 e. The van der Waals surface area contributed by atoms with Crippen LogP contribution in [0.2, 0.25) is 0 Å². The molecule has 2 nitrogen and oxygen atoms in total. The molecule has 0 bridgehead atoms. The first-order chi connectivity index (χ1) is 8.68. The van der Waals surface area contributed by atoms with Crippen LogP contribution in [0.4, 0.5) is 4.39 Å². The second kappa shape index (κ2) is 6.30. The second-order valence-corrected chi connectivity index (χ2v) is 5.13. The lowest BCUT2D eigenvalue weighted by molar-refractivity contribution is 0.0767. The molecule has 0 aliphatic heterocycles. The first-order valence-corrected chi connectivity index (χ1v) is 6.80. The first-order valence-electron chi connectivity index (χ1n) is 6.80. The lowest BCUT2D eigenvalue weighted by Crippen LogP contribution is -2.22. The highest BCUT2D eigenvalue weighted by molar-refractivity contribution is 5.35. The Hall–Kier alpha value is -0.930. The van der Waals surface area contributed by atoms with Gasteiger partial charge in [0.25, 0.3) is 0 Å². The van der Waals surface area contributed by atoms with Crippen LogP contribution in [0.3, 0.4) is 0 Å². The van der Waals surface area contributed by atoms with Crippen molar-refractivity contribution in [1.82, 2.24) is 5.32 Å². The highest BCUT2D eigenvalue weighted by atomic mass is 19.1. The van der Waals surface area contributed by atoms with Crippen molar-refractivity contribution in [3.05, 3.63) is 35.1 Å². The first kappa shape index (κ1) is 13.5. The lowest BCUT2D eigenvalue weighted by atomic mass is 10.1. The van der Waals surface area contributed by atoms with Crippen LogP contribution in [0, 0.1) is 5.82 Å². The average Bonchev–Trinajstić information content (AvgIpc) is 2.73. The maximum Gasteiger partial charge on any atom is 0.126 e. The molecule has 3 heteroatoms. The van der Waals surface area contributed by atoms with E-state index < -0.39 is 0 Å². The molecule has 1 aromatic rings. The van der Waals surface area contributed by atoms with Gasteiger partial charge in [0.2, 0.25) is 0 Å². The Morgan fingerprint density at radius 3 is 3.06 bits per heavy atom. The summed E-state index contributed by atoms with van der Waals surface area (Å²) in [6, 6.07) is 5.70. The molecule has 0 aromatic heterocycles. The fourth-order valence-electron chi connectivity index (χ4n) is 2.49. The number of halogens is 1. The van der Waals surface area contributed by atoms with Crippen molar-refractivity contribution in [2.45, 2.75) is 45.3 Å². The fourth-order valence-corrected chi connectivity index (χ4v) is 2.49. The van der Waals surface area contributed by atoms with Crippen LogP contribution in [-0.2, 0) is 11.2 Å². The van der Waals surface area contributed by atoms with Gasteiger partial charge in [0.05, 0.1) is 6.10 Å². The summed E-state index contributed by atoms with van der Waals surface area (Å²) >= 11 is 0. The third kappa shape index (κ3) is 3.30. The van der Waals surface area contributed by atoms with Crippen molar-refractivity contribution in [2.75, 3.05) is 13.2 Å². The van der Waals surface area contributed by atoms with E-state index in [2.05, 4.69) is 5.32 Å². The van der Waals surface area contributed by atoms with Crippen molar-refractivity contribution in [3.63, 3.8) is 0 Å². The molecular formula is C15H22FNO. The van der Waals surface area contributed by atoms with Gasteiger partial charge in [-0.3, -0.25) is 0 Å². The Morgan fingerprint density at radius 1 is 1.44 bits per heavy atom. The number of hydrogen-bond donors (Lipinski definition) is 1. The fraction of sp³-hybridized carbons (Fsp3) is 0.600. The standard InChI is InChI=1S/C15H22FNO/c1-11(2)18-10-4-9-17-15-8-7-12-13(15)5-3-6-14(12)16/h3,5-6,11,15,17H,4,7-10H2,1-2H3. The largest absolute Gasteiger partial charge is 0.379 e. The number of fused-ring (bicyclic) bond motifs is 1. The quantitative estimate of drug-likeness (QED) is 0.784. The van der Waals surface area contributed by atoms with Crippen molar-refractivity contribution < 1.29 is 9.13 Å². The van der Waals surface area contributed by atoms with Crippen molar-refractivity contribution in [2.24, 2.45) is 0 Å². The van der Waals surface area contributed by atoms with Gasteiger partial charge in [0.15, 0.2) is 0 Å². The maximum absolute atomic E-state index is 13.5. The summed E-state index contributed by atoms with van der Waals surface area (Å²) in [5, 5.41) is 3.49. The third-order valence-electron chi connectivity index (χ3n) is 3.38. The highest BCUT2D eigenvalue weighted by Gasteiger charge is 2.23. The van der Waals surface area contributed by atoms with Crippen LogP contribution in [0.1, 0.15) is 43.9 Å². The van der Waals surface area contributed by atoms with E-state index in [1.165, 1.54) is 0 Å². The van der Waals surface area contributed by atoms with E-state index in [0.29, 0.717) is 12.1 Å². The Kier molecular flexibility index (Phi) is 4.72. The molecule has 1 unspecified atom stereocenters. The van der Waals surface area contributed by atoms with Crippen molar-refractivity contribution in [3.8, 4) is 0 Å². The van der Waals surface area contributed by atoms with Gasteiger partial charge >= 0.3 is 0 Å². The van der Waals surface area contributed by atoms with Gasteiger partial charge in [0, 0.05) is 12.6 Å². The molecule has 2 rings (SSSR count). The van der Waals surface area contributed by atoms with E-state index in [4.69, 9.17) is 4.74 Å². The molecule has 1 N–H and O–H groups in total. The molecule has 0 saturated carbocycles. The minimum absolute atomic E-state index is 0.0556. The van der Waals surface area contributed by atoms with E-state index in [9.17, 15) is 4.39 Å². The summed E-state index contributed by atoms with van der Waals surface area (Å²) in [5.74, 6) is -0.0556. The predicted molar refractivity (Wildman–Crippen MR) is 71.2 cm³/mol.